The Morgan fingerprint density at radius 3 is 2.24 bits per heavy atom. The first kappa shape index (κ1) is 21.9. The Morgan fingerprint density at radius 2 is 1.58 bits per heavy atom. The molecule has 5 aromatic rings. The van der Waals surface area contributed by atoms with Gasteiger partial charge < -0.3 is 10.1 Å². The molecule has 2 heterocycles. The van der Waals surface area contributed by atoms with E-state index < -0.39 is 5.60 Å². The number of fused-ring (bicyclic) bond motifs is 1. The average Bonchev–Trinajstić information content (AvgIpc) is 3.26. The van der Waals surface area contributed by atoms with Crippen LogP contribution < -0.4 is 0 Å². The number of imidazole rings is 1. The monoisotopic (exact) mass is 493 g/mol. The molecular formula is C26H18Cl3N3O. The van der Waals surface area contributed by atoms with E-state index in [0.717, 1.165) is 5.56 Å². The predicted octanol–water partition coefficient (Wildman–Crippen LogP) is 7.18. The molecule has 0 aliphatic heterocycles. The quantitative estimate of drug-likeness (QED) is 0.260. The van der Waals surface area contributed by atoms with Gasteiger partial charge in [0.05, 0.1) is 22.4 Å². The molecular weight excluding hydrogens is 477 g/mol. The van der Waals surface area contributed by atoms with Gasteiger partial charge in [-0.3, -0.25) is 0 Å². The third kappa shape index (κ3) is 3.79. The maximum Gasteiger partial charge on any atom is 0.156 e. The van der Waals surface area contributed by atoms with Crippen LogP contribution >= 0.6 is 34.8 Å². The van der Waals surface area contributed by atoms with E-state index in [9.17, 15) is 5.11 Å². The summed E-state index contributed by atoms with van der Waals surface area (Å²) in [6.45, 7) is 1.83. The summed E-state index contributed by atoms with van der Waals surface area (Å²) in [4.78, 5) is 12.0. The zero-order chi connectivity index (χ0) is 23.2. The van der Waals surface area contributed by atoms with Crippen molar-refractivity contribution in [3.8, 4) is 11.1 Å². The van der Waals surface area contributed by atoms with E-state index in [1.807, 2.05) is 49.4 Å². The number of benzene rings is 3. The second-order valence-corrected chi connectivity index (χ2v) is 8.96. The van der Waals surface area contributed by atoms with Crippen LogP contribution in [0.3, 0.4) is 0 Å². The molecule has 2 aromatic heterocycles. The summed E-state index contributed by atoms with van der Waals surface area (Å²) in [7, 11) is 0. The minimum atomic E-state index is -1.52. The lowest BCUT2D eigenvalue weighted by Crippen LogP contribution is -2.29. The molecule has 4 nitrogen and oxygen atoms in total. The van der Waals surface area contributed by atoms with Crippen molar-refractivity contribution < 1.29 is 5.11 Å². The van der Waals surface area contributed by atoms with E-state index in [-0.39, 0.29) is 0 Å². The van der Waals surface area contributed by atoms with Crippen LogP contribution in [0.4, 0.5) is 0 Å². The Morgan fingerprint density at radius 1 is 0.879 bits per heavy atom. The molecule has 5 rings (SSSR count). The molecule has 3 aromatic carbocycles. The Balaban J connectivity index is 1.77. The highest BCUT2D eigenvalue weighted by Crippen LogP contribution is 2.42. The number of hydrogen-bond donors (Lipinski definition) is 2. The van der Waals surface area contributed by atoms with Crippen molar-refractivity contribution in [3.05, 3.63) is 117 Å². The zero-order valence-corrected chi connectivity index (χ0v) is 19.7. The van der Waals surface area contributed by atoms with Gasteiger partial charge >= 0.3 is 0 Å². The van der Waals surface area contributed by atoms with E-state index in [1.54, 1.807) is 36.5 Å². The van der Waals surface area contributed by atoms with Gasteiger partial charge in [-0.2, -0.15) is 0 Å². The van der Waals surface area contributed by atoms with Crippen LogP contribution in [0.25, 0.3) is 22.0 Å². The standard InChI is InChI=1S/C26H18Cl3N3O/c1-15-30-14-22(31-15)26(33,17-7-10-19(27)11-8-17)18-9-12-21-20(13-18)24(28)23(25(29)32-21)16-5-3-2-4-6-16/h2-14,33H,1H3,(H,30,31). The van der Waals surface area contributed by atoms with Crippen LogP contribution in [0.5, 0.6) is 0 Å². The van der Waals surface area contributed by atoms with Gasteiger partial charge in [0.15, 0.2) is 5.60 Å². The van der Waals surface area contributed by atoms with E-state index in [2.05, 4.69) is 15.0 Å². The summed E-state index contributed by atoms with van der Waals surface area (Å²) in [6.07, 6.45) is 1.63. The number of aryl methyl sites for hydroxylation is 1. The van der Waals surface area contributed by atoms with E-state index in [1.165, 1.54) is 0 Å². The number of rotatable bonds is 4. The molecule has 7 heteroatoms. The fourth-order valence-electron chi connectivity index (χ4n) is 4.05. The van der Waals surface area contributed by atoms with Crippen LogP contribution in [-0.4, -0.2) is 20.1 Å². The number of pyridine rings is 1. The number of H-pyrrole nitrogens is 1. The summed E-state index contributed by atoms with van der Waals surface area (Å²) in [6, 6.07) is 22.2. The fraction of sp³-hybridized carbons (Fsp3) is 0.0769. The second-order valence-electron chi connectivity index (χ2n) is 7.79. The van der Waals surface area contributed by atoms with Crippen molar-refractivity contribution in [3.63, 3.8) is 0 Å². The second kappa shape index (κ2) is 8.47. The van der Waals surface area contributed by atoms with Gasteiger partial charge in [-0.05, 0) is 47.9 Å². The zero-order valence-electron chi connectivity index (χ0n) is 17.5. The average molecular weight is 495 g/mol. The SMILES string of the molecule is Cc1ncc(C(O)(c2ccc(Cl)cc2)c2ccc3nc(Cl)c(-c4ccccc4)c(Cl)c3c2)[nH]1. The highest BCUT2D eigenvalue weighted by Gasteiger charge is 2.36. The molecule has 0 spiro atoms. The molecule has 0 amide bonds. The fourth-order valence-corrected chi connectivity index (χ4v) is 4.86. The molecule has 0 bridgehead atoms. The number of aromatic nitrogens is 3. The minimum absolute atomic E-state index is 0.323. The largest absolute Gasteiger partial charge is 0.374 e. The van der Waals surface area contributed by atoms with Gasteiger partial charge in [0.2, 0.25) is 0 Å². The normalized spacial score (nSPS) is 13.2. The number of aromatic amines is 1. The van der Waals surface area contributed by atoms with Gasteiger partial charge in [-0.1, -0.05) is 83.3 Å². The molecule has 0 saturated heterocycles. The van der Waals surface area contributed by atoms with E-state index >= 15 is 0 Å². The molecule has 0 fully saturated rings. The van der Waals surface area contributed by atoms with Gasteiger partial charge in [0.1, 0.15) is 11.0 Å². The number of nitrogens with zero attached hydrogens (tertiary/aromatic N) is 2. The van der Waals surface area contributed by atoms with Crippen molar-refractivity contribution in [2.75, 3.05) is 0 Å². The number of halogens is 3. The minimum Gasteiger partial charge on any atom is -0.374 e. The van der Waals surface area contributed by atoms with Gasteiger partial charge in [-0.25, -0.2) is 9.97 Å². The Hall–Kier alpha value is -2.89. The Bertz CT molecular complexity index is 1470. The lowest BCUT2D eigenvalue weighted by atomic mass is 9.83. The molecule has 1 atom stereocenters. The smallest absolute Gasteiger partial charge is 0.156 e. The predicted molar refractivity (Wildman–Crippen MR) is 134 cm³/mol. The summed E-state index contributed by atoms with van der Waals surface area (Å²) in [5.74, 6) is 0.691. The van der Waals surface area contributed by atoms with Crippen LogP contribution in [0.2, 0.25) is 15.2 Å². The Labute approximate surface area is 205 Å². The Kier molecular flexibility index (Phi) is 5.63. The van der Waals surface area contributed by atoms with Crippen molar-refractivity contribution in [2.24, 2.45) is 0 Å². The van der Waals surface area contributed by atoms with E-state index in [4.69, 9.17) is 34.8 Å². The molecule has 33 heavy (non-hydrogen) atoms. The molecule has 164 valence electrons. The molecule has 0 saturated carbocycles. The van der Waals surface area contributed by atoms with Crippen LogP contribution in [-0.2, 0) is 5.60 Å². The molecule has 0 aliphatic rings. The van der Waals surface area contributed by atoms with Crippen molar-refractivity contribution in [2.45, 2.75) is 12.5 Å². The lowest BCUT2D eigenvalue weighted by molar-refractivity contribution is 0.121. The summed E-state index contributed by atoms with van der Waals surface area (Å²) in [5, 5.41) is 14.2. The maximum atomic E-state index is 12.1. The van der Waals surface area contributed by atoms with Crippen molar-refractivity contribution in [1.82, 2.24) is 15.0 Å². The maximum absolute atomic E-state index is 12.1. The third-order valence-electron chi connectivity index (χ3n) is 5.71. The summed E-state index contributed by atoms with van der Waals surface area (Å²) < 4.78 is 0. The lowest BCUT2D eigenvalue weighted by Gasteiger charge is -2.29. The van der Waals surface area contributed by atoms with Gasteiger partial charge in [0.25, 0.3) is 0 Å². The number of aliphatic hydroxyl groups is 1. The molecule has 0 aliphatic carbocycles. The number of hydrogen-bond acceptors (Lipinski definition) is 3. The van der Waals surface area contributed by atoms with Crippen LogP contribution in [0.15, 0.2) is 79.0 Å². The number of nitrogens with one attached hydrogen (secondary N) is 1. The van der Waals surface area contributed by atoms with Crippen molar-refractivity contribution in [1.29, 1.82) is 0 Å². The highest BCUT2D eigenvalue weighted by molar-refractivity contribution is 6.42. The van der Waals surface area contributed by atoms with Crippen molar-refractivity contribution >= 4 is 45.7 Å². The van der Waals surface area contributed by atoms with Crippen LogP contribution in [0, 0.1) is 6.92 Å². The topological polar surface area (TPSA) is 61.8 Å². The third-order valence-corrected chi connectivity index (χ3v) is 6.63. The summed E-state index contributed by atoms with van der Waals surface area (Å²) >= 11 is 19.5. The first-order valence-corrected chi connectivity index (χ1v) is 11.4. The van der Waals surface area contributed by atoms with Gasteiger partial charge in [0, 0.05) is 16.0 Å². The van der Waals surface area contributed by atoms with Crippen LogP contribution in [0.1, 0.15) is 22.6 Å². The first-order valence-electron chi connectivity index (χ1n) is 10.2. The molecule has 2 N–H and O–H groups in total. The molecule has 1 unspecified atom stereocenters. The highest BCUT2D eigenvalue weighted by atomic mass is 35.5. The molecule has 0 radical (unpaired) electrons. The van der Waals surface area contributed by atoms with E-state index in [0.29, 0.717) is 54.3 Å². The first-order chi connectivity index (χ1) is 15.9. The van der Waals surface area contributed by atoms with Gasteiger partial charge in [-0.15, -0.1) is 0 Å². The summed E-state index contributed by atoms with van der Waals surface area (Å²) in [5.41, 5.74) is 2.40.